The van der Waals surface area contributed by atoms with Crippen LogP contribution in [0.15, 0.2) is 25.6 Å². The third-order valence-electron chi connectivity index (χ3n) is 1.05. The highest BCUT2D eigenvalue weighted by Gasteiger charge is 2.32. The summed E-state index contributed by atoms with van der Waals surface area (Å²) in [4.78, 5) is 6.63. The fourth-order valence-electron chi connectivity index (χ4n) is 0.600. The van der Waals surface area contributed by atoms with E-state index >= 15 is 0 Å². The summed E-state index contributed by atoms with van der Waals surface area (Å²) in [5.74, 6) is 0. The smallest absolute Gasteiger partial charge is 0.261 e. The van der Waals surface area contributed by atoms with Gasteiger partial charge in [0.1, 0.15) is 0 Å². The maximum absolute atomic E-state index is 11.9. The predicted molar refractivity (Wildman–Crippen MR) is 43.0 cm³/mol. The van der Waals surface area contributed by atoms with E-state index in [0.29, 0.717) is 6.20 Å². The molecule has 0 atom stereocenters. The maximum Gasteiger partial charge on any atom is 0.434 e. The SMILES string of the molecule is C=C.Cc1cncc(C(F)(F)F)n1. The Morgan fingerprint density at radius 1 is 1.23 bits per heavy atom. The molecular formula is C8H9F3N2. The minimum Gasteiger partial charge on any atom is -0.261 e. The molecule has 0 aromatic carbocycles. The Balaban J connectivity index is 0.000000671. The second-order valence-electron chi connectivity index (χ2n) is 2.04. The maximum atomic E-state index is 11.9. The molecule has 0 amide bonds. The average molecular weight is 190 g/mol. The van der Waals surface area contributed by atoms with Crippen LogP contribution in [0, 0.1) is 6.92 Å². The van der Waals surface area contributed by atoms with Crippen molar-refractivity contribution in [2.75, 3.05) is 0 Å². The van der Waals surface area contributed by atoms with E-state index in [1.54, 1.807) is 0 Å². The lowest BCUT2D eigenvalue weighted by Crippen LogP contribution is -2.08. The van der Waals surface area contributed by atoms with Gasteiger partial charge in [0.15, 0.2) is 5.69 Å². The highest BCUT2D eigenvalue weighted by molar-refractivity contribution is 5.04. The zero-order valence-electron chi connectivity index (χ0n) is 7.10. The molecule has 0 aliphatic heterocycles. The number of hydrogen-bond acceptors (Lipinski definition) is 2. The minimum atomic E-state index is -4.39. The number of aryl methyl sites for hydroxylation is 1. The lowest BCUT2D eigenvalue weighted by molar-refractivity contribution is -0.141. The molecule has 0 saturated carbocycles. The molecule has 0 fully saturated rings. The van der Waals surface area contributed by atoms with Crippen molar-refractivity contribution < 1.29 is 13.2 Å². The number of rotatable bonds is 0. The molecule has 1 aromatic heterocycles. The first-order valence-corrected chi connectivity index (χ1v) is 3.36. The molecule has 1 heterocycles. The van der Waals surface area contributed by atoms with Crippen LogP contribution in [-0.2, 0) is 6.18 Å². The second-order valence-corrected chi connectivity index (χ2v) is 2.04. The third-order valence-corrected chi connectivity index (χ3v) is 1.05. The minimum absolute atomic E-state index is 0.264. The Hall–Kier alpha value is -1.39. The van der Waals surface area contributed by atoms with Crippen LogP contribution < -0.4 is 0 Å². The topological polar surface area (TPSA) is 25.8 Å². The van der Waals surface area contributed by atoms with Crippen molar-refractivity contribution in [3.05, 3.63) is 36.9 Å². The van der Waals surface area contributed by atoms with Crippen molar-refractivity contribution in [1.29, 1.82) is 0 Å². The first-order chi connectivity index (χ1) is 6.00. The van der Waals surface area contributed by atoms with Crippen LogP contribution in [0.5, 0.6) is 0 Å². The van der Waals surface area contributed by atoms with Gasteiger partial charge in [-0.2, -0.15) is 13.2 Å². The molecule has 0 N–H and O–H groups in total. The van der Waals surface area contributed by atoms with Gasteiger partial charge in [-0.25, -0.2) is 4.98 Å². The third kappa shape index (κ3) is 3.68. The van der Waals surface area contributed by atoms with Crippen LogP contribution in [0.2, 0.25) is 0 Å². The van der Waals surface area contributed by atoms with Gasteiger partial charge in [0.25, 0.3) is 0 Å². The van der Waals surface area contributed by atoms with Crippen LogP contribution in [0.3, 0.4) is 0 Å². The van der Waals surface area contributed by atoms with Crippen LogP contribution in [-0.4, -0.2) is 9.97 Å². The van der Waals surface area contributed by atoms with Gasteiger partial charge in [-0.15, -0.1) is 13.2 Å². The van der Waals surface area contributed by atoms with Gasteiger partial charge in [-0.05, 0) is 6.92 Å². The van der Waals surface area contributed by atoms with Gasteiger partial charge in [0, 0.05) is 6.20 Å². The summed E-state index contributed by atoms with van der Waals surface area (Å²) in [5, 5.41) is 0. The van der Waals surface area contributed by atoms with E-state index in [-0.39, 0.29) is 5.69 Å². The van der Waals surface area contributed by atoms with Gasteiger partial charge < -0.3 is 0 Å². The van der Waals surface area contributed by atoms with E-state index in [0.717, 1.165) is 0 Å². The Bertz CT molecular complexity index is 270. The molecule has 1 aromatic rings. The lowest BCUT2D eigenvalue weighted by atomic mass is 10.4. The second kappa shape index (κ2) is 4.59. The van der Waals surface area contributed by atoms with Crippen molar-refractivity contribution in [1.82, 2.24) is 9.97 Å². The van der Waals surface area contributed by atoms with Gasteiger partial charge in [0.2, 0.25) is 0 Å². The molecule has 1 rings (SSSR count). The standard InChI is InChI=1S/C6H5F3N2.C2H4/c1-4-2-10-3-5(11-4)6(7,8)9;1-2/h2-3H,1H3;1-2H2. The van der Waals surface area contributed by atoms with E-state index in [1.165, 1.54) is 13.1 Å². The summed E-state index contributed by atoms with van der Waals surface area (Å²) in [7, 11) is 0. The lowest BCUT2D eigenvalue weighted by Gasteiger charge is -2.03. The van der Waals surface area contributed by atoms with Crippen LogP contribution >= 0.6 is 0 Å². The Labute approximate surface area is 74.1 Å². The van der Waals surface area contributed by atoms with Crippen molar-refractivity contribution >= 4 is 0 Å². The van der Waals surface area contributed by atoms with E-state index in [4.69, 9.17) is 0 Å². The zero-order valence-corrected chi connectivity index (χ0v) is 7.10. The van der Waals surface area contributed by atoms with Crippen LogP contribution in [0.4, 0.5) is 13.2 Å². The van der Waals surface area contributed by atoms with Crippen molar-refractivity contribution in [2.24, 2.45) is 0 Å². The predicted octanol–water partition coefficient (Wildman–Crippen LogP) is 2.61. The molecule has 0 aliphatic carbocycles. The Morgan fingerprint density at radius 3 is 2.08 bits per heavy atom. The van der Waals surface area contributed by atoms with Gasteiger partial charge in [-0.3, -0.25) is 4.98 Å². The van der Waals surface area contributed by atoms with Gasteiger partial charge in [-0.1, -0.05) is 0 Å². The van der Waals surface area contributed by atoms with Gasteiger partial charge >= 0.3 is 6.18 Å². The normalized spacial score (nSPS) is 10.2. The van der Waals surface area contributed by atoms with Gasteiger partial charge in [0.05, 0.1) is 11.9 Å². The molecule has 0 bridgehead atoms. The molecular weight excluding hydrogens is 181 g/mol. The fraction of sp³-hybridized carbons (Fsp3) is 0.250. The summed E-state index contributed by atoms with van der Waals surface area (Å²) < 4.78 is 35.6. The van der Waals surface area contributed by atoms with Crippen molar-refractivity contribution in [3.8, 4) is 0 Å². The van der Waals surface area contributed by atoms with Crippen LogP contribution in [0.25, 0.3) is 0 Å². The molecule has 2 nitrogen and oxygen atoms in total. The van der Waals surface area contributed by atoms with Crippen molar-refractivity contribution in [2.45, 2.75) is 13.1 Å². The first kappa shape index (κ1) is 11.6. The number of halogens is 3. The summed E-state index contributed by atoms with van der Waals surface area (Å²) in [6.07, 6.45) is -2.42. The monoisotopic (exact) mass is 190 g/mol. The molecule has 13 heavy (non-hydrogen) atoms. The molecule has 5 heteroatoms. The Morgan fingerprint density at radius 2 is 1.77 bits per heavy atom. The van der Waals surface area contributed by atoms with E-state index in [1.807, 2.05) is 0 Å². The Kier molecular flexibility index (Phi) is 4.10. The fourth-order valence-corrected chi connectivity index (χ4v) is 0.600. The van der Waals surface area contributed by atoms with E-state index in [2.05, 4.69) is 23.1 Å². The zero-order chi connectivity index (χ0) is 10.5. The molecule has 0 aliphatic rings. The molecule has 0 radical (unpaired) electrons. The number of hydrogen-bond donors (Lipinski definition) is 0. The summed E-state index contributed by atoms with van der Waals surface area (Å²) >= 11 is 0. The van der Waals surface area contributed by atoms with E-state index in [9.17, 15) is 13.2 Å². The summed E-state index contributed by atoms with van der Waals surface area (Å²) in [6, 6.07) is 0. The summed E-state index contributed by atoms with van der Waals surface area (Å²) in [6.45, 7) is 7.46. The number of alkyl halides is 3. The molecule has 0 spiro atoms. The number of aromatic nitrogens is 2. The molecule has 0 unspecified atom stereocenters. The largest absolute Gasteiger partial charge is 0.434 e. The highest BCUT2D eigenvalue weighted by Crippen LogP contribution is 2.26. The quantitative estimate of drug-likeness (QED) is 0.587. The first-order valence-electron chi connectivity index (χ1n) is 3.36. The average Bonchev–Trinajstić information content (AvgIpc) is 2.06. The van der Waals surface area contributed by atoms with E-state index < -0.39 is 11.9 Å². The number of nitrogens with zero attached hydrogens (tertiary/aromatic N) is 2. The molecule has 0 saturated heterocycles. The van der Waals surface area contributed by atoms with Crippen LogP contribution in [0.1, 0.15) is 11.4 Å². The molecule has 72 valence electrons. The highest BCUT2D eigenvalue weighted by atomic mass is 19.4. The summed E-state index contributed by atoms with van der Waals surface area (Å²) in [5.41, 5.74) is -0.683. The van der Waals surface area contributed by atoms with Crippen molar-refractivity contribution in [3.63, 3.8) is 0 Å².